The molecule has 0 aliphatic heterocycles. The second-order valence-electron chi connectivity index (χ2n) is 3.02. The molecule has 16 heavy (non-hydrogen) atoms. The summed E-state index contributed by atoms with van der Waals surface area (Å²) in [7, 11) is 0. The average Bonchev–Trinajstić information content (AvgIpc) is 2.16. The van der Waals surface area contributed by atoms with Gasteiger partial charge >= 0.3 is 12.1 Å². The molecule has 1 rings (SSSR count). The van der Waals surface area contributed by atoms with Crippen molar-refractivity contribution in [1.29, 1.82) is 0 Å². The lowest BCUT2D eigenvalue weighted by atomic mass is 10.2. The predicted octanol–water partition coefficient (Wildman–Crippen LogP) is 3.27. The van der Waals surface area contributed by atoms with Crippen molar-refractivity contribution >= 4 is 17.7 Å². The molecule has 88 valence electrons. The molecule has 0 aliphatic rings. The van der Waals surface area contributed by atoms with Gasteiger partial charge < -0.3 is 5.11 Å². The molecule has 0 radical (unpaired) electrons. The highest BCUT2D eigenvalue weighted by Crippen LogP contribution is 2.31. The minimum absolute atomic E-state index is 0.0685. The Balaban J connectivity index is 2.64. The first-order valence-corrected chi connectivity index (χ1v) is 5.40. The largest absolute Gasteiger partial charge is 0.481 e. The van der Waals surface area contributed by atoms with E-state index in [1.807, 2.05) is 0 Å². The fraction of sp³-hybridized carbons (Fsp3) is 0.300. The zero-order valence-corrected chi connectivity index (χ0v) is 8.94. The van der Waals surface area contributed by atoms with Crippen molar-refractivity contribution in [2.24, 2.45) is 0 Å². The third kappa shape index (κ3) is 4.14. The van der Waals surface area contributed by atoms with Crippen LogP contribution >= 0.6 is 11.8 Å². The van der Waals surface area contributed by atoms with Crippen molar-refractivity contribution in [3.8, 4) is 0 Å². The molecule has 1 aromatic carbocycles. The molecule has 0 fully saturated rings. The average molecular weight is 250 g/mol. The van der Waals surface area contributed by atoms with Gasteiger partial charge in [-0.05, 0) is 18.2 Å². The number of alkyl halides is 3. The number of carboxylic acids is 1. The minimum Gasteiger partial charge on any atom is -0.481 e. The topological polar surface area (TPSA) is 37.3 Å². The third-order valence-electron chi connectivity index (χ3n) is 1.75. The van der Waals surface area contributed by atoms with E-state index in [0.717, 1.165) is 23.9 Å². The van der Waals surface area contributed by atoms with Crippen molar-refractivity contribution in [2.45, 2.75) is 17.5 Å². The van der Waals surface area contributed by atoms with E-state index in [1.54, 1.807) is 0 Å². The van der Waals surface area contributed by atoms with Crippen LogP contribution in [-0.4, -0.2) is 16.8 Å². The first kappa shape index (κ1) is 12.9. The minimum atomic E-state index is -4.36. The molecule has 2 nitrogen and oxygen atoms in total. The number of benzene rings is 1. The van der Waals surface area contributed by atoms with Crippen molar-refractivity contribution < 1.29 is 23.1 Å². The summed E-state index contributed by atoms with van der Waals surface area (Å²) in [6, 6.07) is 4.85. The van der Waals surface area contributed by atoms with Crippen LogP contribution < -0.4 is 0 Å². The lowest BCUT2D eigenvalue weighted by molar-refractivity contribution is -0.138. The highest BCUT2D eigenvalue weighted by Gasteiger charge is 2.30. The Kier molecular flexibility index (Phi) is 4.23. The van der Waals surface area contributed by atoms with E-state index in [2.05, 4.69) is 0 Å². The molecule has 0 atom stereocenters. The van der Waals surface area contributed by atoms with E-state index in [4.69, 9.17) is 5.11 Å². The Hall–Kier alpha value is -1.17. The molecular formula is C10H9F3O2S. The number of aliphatic carboxylic acids is 1. The van der Waals surface area contributed by atoms with Crippen molar-refractivity contribution in [3.05, 3.63) is 29.8 Å². The van der Waals surface area contributed by atoms with E-state index in [-0.39, 0.29) is 12.2 Å². The van der Waals surface area contributed by atoms with Crippen LogP contribution in [0.25, 0.3) is 0 Å². The molecule has 0 saturated carbocycles. The molecule has 0 heterocycles. The first-order valence-electron chi connectivity index (χ1n) is 4.41. The van der Waals surface area contributed by atoms with E-state index in [0.29, 0.717) is 4.90 Å². The molecule has 1 N–H and O–H groups in total. The fourth-order valence-corrected chi connectivity index (χ4v) is 1.92. The molecule has 1 aromatic rings. The molecular weight excluding hydrogens is 241 g/mol. The van der Waals surface area contributed by atoms with Crippen LogP contribution in [0, 0.1) is 0 Å². The quantitative estimate of drug-likeness (QED) is 0.833. The molecule has 0 aromatic heterocycles. The van der Waals surface area contributed by atoms with Crippen molar-refractivity contribution in [2.75, 3.05) is 5.75 Å². The number of halogens is 3. The number of carboxylic acid groups (broad SMARTS) is 1. The van der Waals surface area contributed by atoms with Gasteiger partial charge in [0, 0.05) is 10.6 Å². The smallest absolute Gasteiger partial charge is 0.416 e. The van der Waals surface area contributed by atoms with Gasteiger partial charge in [0.15, 0.2) is 0 Å². The third-order valence-corrected chi connectivity index (χ3v) is 2.74. The summed E-state index contributed by atoms with van der Waals surface area (Å²) in [5.74, 6) is -0.698. The van der Waals surface area contributed by atoms with Crippen LogP contribution in [0.3, 0.4) is 0 Å². The van der Waals surface area contributed by atoms with Crippen LogP contribution in [0.5, 0.6) is 0 Å². The summed E-state index contributed by atoms with van der Waals surface area (Å²) in [5, 5.41) is 8.38. The normalized spacial score (nSPS) is 11.4. The Morgan fingerprint density at radius 1 is 1.38 bits per heavy atom. The Morgan fingerprint density at radius 3 is 2.62 bits per heavy atom. The summed E-state index contributed by atoms with van der Waals surface area (Å²) >= 11 is 1.10. The van der Waals surface area contributed by atoms with Gasteiger partial charge in [-0.3, -0.25) is 4.79 Å². The van der Waals surface area contributed by atoms with Crippen molar-refractivity contribution in [3.63, 3.8) is 0 Å². The van der Waals surface area contributed by atoms with Crippen molar-refractivity contribution in [1.82, 2.24) is 0 Å². The van der Waals surface area contributed by atoms with Crippen LogP contribution in [0.1, 0.15) is 12.0 Å². The summed E-state index contributed by atoms with van der Waals surface area (Å²) in [6.07, 6.45) is -4.43. The standard InChI is InChI=1S/C10H9F3O2S/c11-10(12,13)7-2-1-3-8(6-7)16-5-4-9(14)15/h1-3,6H,4-5H2,(H,14,15). The fourth-order valence-electron chi connectivity index (χ4n) is 1.02. The number of hydrogen-bond acceptors (Lipinski definition) is 2. The molecule has 0 unspecified atom stereocenters. The summed E-state index contributed by atoms with van der Waals surface area (Å²) in [6.45, 7) is 0. The second kappa shape index (κ2) is 5.25. The first-order chi connectivity index (χ1) is 7.39. The van der Waals surface area contributed by atoms with Gasteiger partial charge in [0.05, 0.1) is 12.0 Å². The van der Waals surface area contributed by atoms with E-state index in [9.17, 15) is 18.0 Å². The monoisotopic (exact) mass is 250 g/mol. The maximum absolute atomic E-state index is 12.3. The predicted molar refractivity (Wildman–Crippen MR) is 54.4 cm³/mol. The Bertz CT molecular complexity index is 377. The molecule has 0 spiro atoms. The summed E-state index contributed by atoms with van der Waals surface area (Å²) in [4.78, 5) is 10.6. The van der Waals surface area contributed by atoms with Gasteiger partial charge in [-0.25, -0.2) is 0 Å². The highest BCUT2D eigenvalue weighted by molar-refractivity contribution is 7.99. The number of rotatable bonds is 4. The Morgan fingerprint density at radius 2 is 2.06 bits per heavy atom. The zero-order chi connectivity index (χ0) is 12.2. The maximum Gasteiger partial charge on any atom is 0.416 e. The second-order valence-corrected chi connectivity index (χ2v) is 4.19. The van der Waals surface area contributed by atoms with E-state index >= 15 is 0 Å². The zero-order valence-electron chi connectivity index (χ0n) is 8.12. The van der Waals surface area contributed by atoms with Crippen LogP contribution in [0.15, 0.2) is 29.2 Å². The van der Waals surface area contributed by atoms with Crippen LogP contribution in [-0.2, 0) is 11.0 Å². The molecule has 0 aliphatic carbocycles. The Labute approximate surface area is 94.5 Å². The van der Waals surface area contributed by atoms with E-state index in [1.165, 1.54) is 12.1 Å². The number of carbonyl (C=O) groups is 1. The van der Waals surface area contributed by atoms with Crippen LogP contribution in [0.2, 0.25) is 0 Å². The SMILES string of the molecule is O=C(O)CCSc1cccc(C(F)(F)F)c1. The van der Waals surface area contributed by atoms with Gasteiger partial charge in [-0.1, -0.05) is 6.07 Å². The lowest BCUT2D eigenvalue weighted by Gasteiger charge is -2.07. The van der Waals surface area contributed by atoms with Gasteiger partial charge in [0.1, 0.15) is 0 Å². The van der Waals surface area contributed by atoms with Crippen LogP contribution in [0.4, 0.5) is 13.2 Å². The van der Waals surface area contributed by atoms with Gasteiger partial charge in [-0.15, -0.1) is 11.8 Å². The van der Waals surface area contributed by atoms with Gasteiger partial charge in [-0.2, -0.15) is 13.2 Å². The van der Waals surface area contributed by atoms with E-state index < -0.39 is 17.7 Å². The van der Waals surface area contributed by atoms with Gasteiger partial charge in [0.2, 0.25) is 0 Å². The molecule has 0 amide bonds. The molecule has 6 heteroatoms. The number of hydrogen-bond donors (Lipinski definition) is 1. The summed E-state index contributed by atoms with van der Waals surface area (Å²) in [5.41, 5.74) is -0.715. The highest BCUT2D eigenvalue weighted by atomic mass is 32.2. The maximum atomic E-state index is 12.3. The lowest BCUT2D eigenvalue weighted by Crippen LogP contribution is -2.04. The summed E-state index contributed by atoms with van der Waals surface area (Å²) < 4.78 is 36.9. The van der Waals surface area contributed by atoms with Gasteiger partial charge in [0.25, 0.3) is 0 Å². The molecule has 0 saturated heterocycles. The number of thioether (sulfide) groups is 1. The molecule has 0 bridgehead atoms.